The van der Waals surface area contributed by atoms with Crippen molar-refractivity contribution in [2.75, 3.05) is 13.7 Å². The monoisotopic (exact) mass is 354 g/mol. The minimum Gasteiger partial charge on any atom is -0.484 e. The molecule has 0 atom stereocenters. The maximum absolute atomic E-state index is 12.1. The molecule has 0 aliphatic rings. The number of amides is 1. The van der Waals surface area contributed by atoms with Crippen LogP contribution in [0.3, 0.4) is 0 Å². The highest BCUT2D eigenvalue weighted by atomic mass is 32.1. The lowest BCUT2D eigenvalue weighted by Crippen LogP contribution is -2.30. The molecule has 128 valence electrons. The number of ether oxygens (including phenoxy) is 2. The van der Waals surface area contributed by atoms with Gasteiger partial charge in [-0.3, -0.25) is 4.79 Å². The number of nitrogens with zero attached hydrogens (tertiary/aromatic N) is 2. The molecule has 3 rings (SSSR count). The summed E-state index contributed by atoms with van der Waals surface area (Å²) in [5.41, 5.74) is 0. The van der Waals surface area contributed by atoms with Crippen LogP contribution >= 0.6 is 11.3 Å². The van der Waals surface area contributed by atoms with Gasteiger partial charge in [0.2, 0.25) is 5.88 Å². The van der Waals surface area contributed by atoms with Crippen molar-refractivity contribution in [1.82, 2.24) is 9.88 Å². The average Bonchev–Trinajstić information content (AvgIpc) is 3.14. The van der Waals surface area contributed by atoms with Crippen LogP contribution in [-0.4, -0.2) is 29.4 Å². The van der Waals surface area contributed by atoms with E-state index in [4.69, 9.17) is 9.47 Å². The van der Waals surface area contributed by atoms with Crippen molar-refractivity contribution < 1.29 is 14.3 Å². The van der Waals surface area contributed by atoms with Crippen molar-refractivity contribution in [2.45, 2.75) is 6.54 Å². The summed E-state index contributed by atoms with van der Waals surface area (Å²) in [5.74, 6) is 1.74. The number of pyridine rings is 1. The van der Waals surface area contributed by atoms with Crippen LogP contribution in [0, 0.1) is 0 Å². The van der Waals surface area contributed by atoms with Gasteiger partial charge in [-0.15, -0.1) is 11.3 Å². The van der Waals surface area contributed by atoms with Crippen molar-refractivity contribution in [1.29, 1.82) is 0 Å². The Morgan fingerprint density at radius 3 is 2.56 bits per heavy atom. The fraction of sp³-hybridized carbons (Fsp3) is 0.158. The van der Waals surface area contributed by atoms with Gasteiger partial charge < -0.3 is 14.4 Å². The summed E-state index contributed by atoms with van der Waals surface area (Å²) < 4.78 is 11.2. The molecular formula is C19H18N2O3S. The van der Waals surface area contributed by atoms with Crippen LogP contribution in [0.2, 0.25) is 0 Å². The third kappa shape index (κ3) is 5.06. The van der Waals surface area contributed by atoms with Crippen LogP contribution in [0.4, 0.5) is 0 Å². The Balaban J connectivity index is 1.49. The highest BCUT2D eigenvalue weighted by Crippen LogP contribution is 2.22. The van der Waals surface area contributed by atoms with E-state index in [-0.39, 0.29) is 12.5 Å². The normalized spacial score (nSPS) is 10.3. The number of carbonyl (C=O) groups is 1. The van der Waals surface area contributed by atoms with Crippen LogP contribution in [0.5, 0.6) is 17.4 Å². The number of thiophene rings is 1. The van der Waals surface area contributed by atoms with Crippen molar-refractivity contribution in [3.05, 3.63) is 71.1 Å². The molecule has 0 unspecified atom stereocenters. The number of rotatable bonds is 7. The van der Waals surface area contributed by atoms with Crippen LogP contribution in [0.15, 0.2) is 66.2 Å². The van der Waals surface area contributed by atoms with Crippen molar-refractivity contribution in [3.63, 3.8) is 0 Å². The van der Waals surface area contributed by atoms with Gasteiger partial charge in [0.15, 0.2) is 6.61 Å². The summed E-state index contributed by atoms with van der Waals surface area (Å²) in [6, 6.07) is 16.6. The molecule has 0 spiro atoms. The van der Waals surface area contributed by atoms with E-state index in [1.807, 2.05) is 29.6 Å². The van der Waals surface area contributed by atoms with Crippen LogP contribution in [0.1, 0.15) is 4.88 Å². The van der Waals surface area contributed by atoms with Crippen molar-refractivity contribution in [2.24, 2.45) is 0 Å². The molecule has 3 aromatic rings. The topological polar surface area (TPSA) is 51.7 Å². The summed E-state index contributed by atoms with van der Waals surface area (Å²) in [6.45, 7) is 0.596. The molecule has 0 radical (unpaired) electrons. The summed E-state index contributed by atoms with van der Waals surface area (Å²) in [5, 5.41) is 2.00. The molecular weight excluding hydrogens is 336 g/mol. The minimum atomic E-state index is -0.0674. The number of carbonyl (C=O) groups excluding carboxylic acids is 1. The predicted molar refractivity (Wildman–Crippen MR) is 97.0 cm³/mol. The van der Waals surface area contributed by atoms with Gasteiger partial charge in [0.1, 0.15) is 11.5 Å². The first-order valence-electron chi connectivity index (χ1n) is 7.79. The predicted octanol–water partition coefficient (Wildman–Crippen LogP) is 3.97. The maximum Gasteiger partial charge on any atom is 0.260 e. The molecule has 25 heavy (non-hydrogen) atoms. The summed E-state index contributed by atoms with van der Waals surface area (Å²) >= 11 is 1.63. The van der Waals surface area contributed by atoms with E-state index < -0.39 is 0 Å². The summed E-state index contributed by atoms with van der Waals surface area (Å²) in [4.78, 5) is 19.0. The Morgan fingerprint density at radius 1 is 1.08 bits per heavy atom. The molecule has 0 aliphatic heterocycles. The lowest BCUT2D eigenvalue weighted by atomic mass is 10.3. The smallest absolute Gasteiger partial charge is 0.260 e. The zero-order valence-electron chi connectivity index (χ0n) is 13.8. The van der Waals surface area contributed by atoms with E-state index in [2.05, 4.69) is 4.98 Å². The van der Waals surface area contributed by atoms with Gasteiger partial charge in [-0.05, 0) is 41.8 Å². The van der Waals surface area contributed by atoms with E-state index in [1.165, 1.54) is 0 Å². The average molecular weight is 354 g/mol. The Bertz CT molecular complexity index is 789. The third-order valence-corrected chi connectivity index (χ3v) is 4.31. The Morgan fingerprint density at radius 2 is 1.88 bits per heavy atom. The van der Waals surface area contributed by atoms with Crippen LogP contribution in [0.25, 0.3) is 0 Å². The molecule has 2 heterocycles. The Kier molecular flexibility index (Phi) is 5.64. The van der Waals surface area contributed by atoms with E-state index in [1.54, 1.807) is 59.8 Å². The second-order valence-electron chi connectivity index (χ2n) is 5.36. The van der Waals surface area contributed by atoms with Gasteiger partial charge in [0.05, 0.1) is 6.54 Å². The Labute approximate surface area is 150 Å². The molecule has 0 saturated carbocycles. The molecule has 0 saturated heterocycles. The van der Waals surface area contributed by atoms with Gasteiger partial charge in [0.25, 0.3) is 5.91 Å². The zero-order valence-corrected chi connectivity index (χ0v) is 14.6. The number of aromatic nitrogens is 1. The van der Waals surface area contributed by atoms with Gasteiger partial charge in [0, 0.05) is 24.2 Å². The minimum absolute atomic E-state index is 0.00230. The largest absolute Gasteiger partial charge is 0.484 e. The Hall–Kier alpha value is -2.86. The third-order valence-electron chi connectivity index (χ3n) is 3.45. The lowest BCUT2D eigenvalue weighted by molar-refractivity contribution is -0.132. The van der Waals surface area contributed by atoms with Crippen molar-refractivity contribution >= 4 is 17.2 Å². The molecule has 0 fully saturated rings. The molecule has 0 N–H and O–H groups in total. The highest BCUT2D eigenvalue weighted by molar-refractivity contribution is 7.09. The number of likely N-dealkylation sites (N-methyl/N-ethyl adjacent to an activating group) is 1. The highest BCUT2D eigenvalue weighted by Gasteiger charge is 2.10. The van der Waals surface area contributed by atoms with Gasteiger partial charge in [-0.1, -0.05) is 12.1 Å². The molecule has 0 aliphatic carbocycles. The SMILES string of the molecule is CN(Cc1cccs1)C(=O)COc1ccc(Oc2ccccn2)cc1. The first kappa shape index (κ1) is 17.0. The molecule has 0 bridgehead atoms. The number of hydrogen-bond donors (Lipinski definition) is 0. The quantitative estimate of drug-likeness (QED) is 0.644. The van der Waals surface area contributed by atoms with Crippen molar-refractivity contribution in [3.8, 4) is 17.4 Å². The van der Waals surface area contributed by atoms with E-state index in [9.17, 15) is 4.79 Å². The van der Waals surface area contributed by atoms with Crippen LogP contribution < -0.4 is 9.47 Å². The van der Waals surface area contributed by atoms with Crippen LogP contribution in [-0.2, 0) is 11.3 Å². The van der Waals surface area contributed by atoms with Gasteiger partial charge >= 0.3 is 0 Å². The van der Waals surface area contributed by atoms with E-state index in [0.717, 1.165) is 4.88 Å². The molecule has 6 heteroatoms. The standard InChI is InChI=1S/C19H18N2O3S/c1-21(13-17-5-4-12-25-17)19(22)14-23-15-7-9-16(10-8-15)24-18-6-2-3-11-20-18/h2-12H,13-14H2,1H3. The fourth-order valence-electron chi connectivity index (χ4n) is 2.11. The summed E-state index contributed by atoms with van der Waals surface area (Å²) in [7, 11) is 1.77. The molecule has 2 aromatic heterocycles. The molecule has 1 amide bonds. The second-order valence-corrected chi connectivity index (χ2v) is 6.39. The lowest BCUT2D eigenvalue weighted by Gasteiger charge is -2.16. The fourth-order valence-corrected chi connectivity index (χ4v) is 2.87. The first-order chi connectivity index (χ1) is 12.2. The van der Waals surface area contributed by atoms with E-state index in [0.29, 0.717) is 23.9 Å². The zero-order chi connectivity index (χ0) is 17.5. The van der Waals surface area contributed by atoms with Gasteiger partial charge in [-0.25, -0.2) is 4.98 Å². The molecule has 1 aromatic carbocycles. The first-order valence-corrected chi connectivity index (χ1v) is 8.67. The van der Waals surface area contributed by atoms with E-state index >= 15 is 0 Å². The maximum atomic E-state index is 12.1. The second kappa shape index (κ2) is 8.30. The summed E-state index contributed by atoms with van der Waals surface area (Å²) in [6.07, 6.45) is 1.67. The number of hydrogen-bond acceptors (Lipinski definition) is 5. The molecule has 5 nitrogen and oxygen atoms in total. The number of benzene rings is 1. The van der Waals surface area contributed by atoms with Gasteiger partial charge in [-0.2, -0.15) is 0 Å².